The Morgan fingerprint density at radius 1 is 0.478 bits per heavy atom. The first kappa shape index (κ1) is 24.9. The van der Waals surface area contributed by atoms with Crippen molar-refractivity contribution in [1.82, 2.24) is 0 Å². The summed E-state index contributed by atoms with van der Waals surface area (Å²) in [7, 11) is 0. The topological polar surface area (TPSA) is 26.0 Å². The van der Waals surface area contributed by atoms with Crippen LogP contribution < -0.4 is 5.73 Å². The first-order valence-corrected chi connectivity index (χ1v) is 10.7. The quantitative estimate of drug-likeness (QED) is 0.227. The van der Waals surface area contributed by atoms with Crippen molar-refractivity contribution in [1.29, 1.82) is 0 Å². The molecule has 0 aliphatic carbocycles. The zero-order valence-corrected chi connectivity index (χ0v) is 16.8. The van der Waals surface area contributed by atoms with Gasteiger partial charge in [0.05, 0.1) is 0 Å². The number of nitrogens with two attached hydrogens (primary N) is 1. The summed E-state index contributed by atoms with van der Waals surface area (Å²) in [5, 5.41) is 0. The van der Waals surface area contributed by atoms with Crippen LogP contribution in [0.15, 0.2) is 12.2 Å². The molecule has 0 unspecified atom stereocenters. The van der Waals surface area contributed by atoms with Crippen LogP contribution >= 0.6 is 0 Å². The minimum Gasteiger partial charge on any atom is -0.330 e. The zero-order chi connectivity index (χ0) is 17.4. The maximum atomic E-state index is 5.47. The van der Waals surface area contributed by atoms with Crippen molar-refractivity contribution in [3.8, 4) is 0 Å². The Bertz CT molecular complexity index is 196. The molecule has 0 amide bonds. The molecule has 0 aromatic heterocycles. The fraction of sp³-hybridized carbons (Fsp3) is 0.909. The number of allylic oxidation sites excluding steroid dienone is 2. The molecular weight excluding hydrogens is 278 g/mol. The molecule has 0 spiro atoms. The monoisotopic (exact) mass is 325 g/mol. The van der Waals surface area contributed by atoms with Crippen LogP contribution in [0.25, 0.3) is 0 Å². The Balaban J connectivity index is 0. The maximum absolute atomic E-state index is 5.47. The Kier molecular flexibility index (Phi) is 28.8. The summed E-state index contributed by atoms with van der Waals surface area (Å²) in [5.41, 5.74) is 5.47. The van der Waals surface area contributed by atoms with E-state index in [9.17, 15) is 0 Å². The molecule has 1 heteroatoms. The van der Waals surface area contributed by atoms with Gasteiger partial charge in [0, 0.05) is 0 Å². The van der Waals surface area contributed by atoms with Crippen molar-refractivity contribution in [3.63, 3.8) is 0 Å². The Morgan fingerprint density at radius 2 is 0.870 bits per heavy atom. The average molecular weight is 326 g/mol. The van der Waals surface area contributed by atoms with E-state index in [0.29, 0.717) is 0 Å². The molecule has 0 radical (unpaired) electrons. The van der Waals surface area contributed by atoms with Gasteiger partial charge >= 0.3 is 0 Å². The van der Waals surface area contributed by atoms with Crippen molar-refractivity contribution in [3.05, 3.63) is 12.2 Å². The Labute approximate surface area is 148 Å². The maximum Gasteiger partial charge on any atom is -0.00773 e. The molecule has 0 fully saturated rings. The van der Waals surface area contributed by atoms with E-state index < -0.39 is 0 Å². The van der Waals surface area contributed by atoms with Crippen LogP contribution in [0.3, 0.4) is 0 Å². The average Bonchev–Trinajstić information content (AvgIpc) is 2.58. The zero-order valence-electron chi connectivity index (χ0n) is 16.8. The fourth-order valence-corrected chi connectivity index (χ4v) is 2.39. The largest absolute Gasteiger partial charge is 0.330 e. The van der Waals surface area contributed by atoms with Gasteiger partial charge in [-0.25, -0.2) is 0 Å². The molecule has 0 saturated carbocycles. The third kappa shape index (κ3) is 30.2. The van der Waals surface area contributed by atoms with Gasteiger partial charge in [0.15, 0.2) is 0 Å². The van der Waals surface area contributed by atoms with Gasteiger partial charge in [-0.05, 0) is 38.6 Å². The van der Waals surface area contributed by atoms with E-state index in [0.717, 1.165) is 6.54 Å². The smallest absolute Gasteiger partial charge is 0.00773 e. The third-order valence-electron chi connectivity index (χ3n) is 4.22. The Morgan fingerprint density at radius 3 is 1.26 bits per heavy atom. The SMILES string of the molecule is CCCC.CCCCCCCC/C=C\CCCCCCCCN. The van der Waals surface area contributed by atoms with Gasteiger partial charge < -0.3 is 5.73 Å². The minimum atomic E-state index is 0.862. The van der Waals surface area contributed by atoms with Gasteiger partial charge in [-0.15, -0.1) is 0 Å². The van der Waals surface area contributed by atoms with Gasteiger partial charge in [-0.3, -0.25) is 0 Å². The highest BCUT2D eigenvalue weighted by Gasteiger charge is 1.90. The van der Waals surface area contributed by atoms with Crippen molar-refractivity contribution >= 4 is 0 Å². The fourth-order valence-electron chi connectivity index (χ4n) is 2.39. The van der Waals surface area contributed by atoms with E-state index in [1.807, 2.05) is 0 Å². The highest BCUT2D eigenvalue weighted by Crippen LogP contribution is 2.09. The van der Waals surface area contributed by atoms with E-state index in [-0.39, 0.29) is 0 Å². The number of hydrogen-bond acceptors (Lipinski definition) is 1. The van der Waals surface area contributed by atoms with Crippen molar-refractivity contribution < 1.29 is 0 Å². The lowest BCUT2D eigenvalue weighted by Crippen LogP contribution is -1.97. The van der Waals surface area contributed by atoms with Gasteiger partial charge in [0.1, 0.15) is 0 Å². The molecule has 140 valence electrons. The van der Waals surface area contributed by atoms with Crippen LogP contribution in [0, 0.1) is 0 Å². The molecule has 0 saturated heterocycles. The number of hydrogen-bond donors (Lipinski definition) is 1. The van der Waals surface area contributed by atoms with Crippen LogP contribution in [0.1, 0.15) is 124 Å². The molecule has 0 heterocycles. The summed E-state index contributed by atoms with van der Waals surface area (Å²) in [6.07, 6.45) is 26.5. The standard InChI is InChI=1S/C18H37N.C4H10/c1-2-3-4-5-6-7-8-9-10-11-12-13-14-15-16-17-18-19;1-3-4-2/h9-10H,2-8,11-19H2,1H3;3-4H2,1-2H3/b10-9-;. The summed E-state index contributed by atoms with van der Waals surface area (Å²) in [5.74, 6) is 0. The van der Waals surface area contributed by atoms with E-state index in [2.05, 4.69) is 32.9 Å². The predicted molar refractivity (Wildman–Crippen MR) is 109 cm³/mol. The van der Waals surface area contributed by atoms with Crippen molar-refractivity contribution in [2.45, 2.75) is 124 Å². The first-order valence-electron chi connectivity index (χ1n) is 10.7. The van der Waals surface area contributed by atoms with Crippen LogP contribution in [0.4, 0.5) is 0 Å². The van der Waals surface area contributed by atoms with Crippen LogP contribution in [0.5, 0.6) is 0 Å². The normalized spacial score (nSPS) is 10.8. The lowest BCUT2D eigenvalue weighted by Gasteiger charge is -1.99. The second-order valence-electron chi connectivity index (χ2n) is 6.73. The molecule has 1 nitrogen and oxygen atoms in total. The van der Waals surface area contributed by atoms with Gasteiger partial charge in [0.2, 0.25) is 0 Å². The number of rotatable bonds is 16. The van der Waals surface area contributed by atoms with E-state index in [4.69, 9.17) is 5.73 Å². The predicted octanol–water partition coefficient (Wildman–Crippen LogP) is 7.79. The van der Waals surface area contributed by atoms with Gasteiger partial charge in [-0.1, -0.05) is 104 Å². The summed E-state index contributed by atoms with van der Waals surface area (Å²) in [4.78, 5) is 0. The molecule has 0 aromatic carbocycles. The Hall–Kier alpha value is -0.300. The molecule has 0 rings (SSSR count). The summed E-state index contributed by atoms with van der Waals surface area (Å²) in [6, 6.07) is 0. The van der Waals surface area contributed by atoms with Crippen molar-refractivity contribution in [2.24, 2.45) is 5.73 Å². The second-order valence-corrected chi connectivity index (χ2v) is 6.73. The van der Waals surface area contributed by atoms with Gasteiger partial charge in [0.25, 0.3) is 0 Å². The highest BCUT2D eigenvalue weighted by molar-refractivity contribution is 4.81. The molecular formula is C22H47N. The van der Waals surface area contributed by atoms with Crippen LogP contribution in [-0.2, 0) is 0 Å². The molecule has 0 aliphatic rings. The van der Waals surface area contributed by atoms with E-state index in [1.54, 1.807) is 0 Å². The third-order valence-corrected chi connectivity index (χ3v) is 4.22. The minimum absolute atomic E-state index is 0.862. The lowest BCUT2D eigenvalue weighted by atomic mass is 10.1. The van der Waals surface area contributed by atoms with E-state index in [1.165, 1.54) is 103 Å². The van der Waals surface area contributed by atoms with Gasteiger partial charge in [-0.2, -0.15) is 0 Å². The molecule has 0 bridgehead atoms. The molecule has 0 atom stereocenters. The van der Waals surface area contributed by atoms with Crippen molar-refractivity contribution in [2.75, 3.05) is 6.54 Å². The first-order chi connectivity index (χ1) is 11.3. The lowest BCUT2D eigenvalue weighted by molar-refractivity contribution is 0.599. The summed E-state index contributed by atoms with van der Waals surface area (Å²) >= 11 is 0. The van der Waals surface area contributed by atoms with Crippen LogP contribution in [-0.4, -0.2) is 6.54 Å². The second kappa shape index (κ2) is 26.6. The highest BCUT2D eigenvalue weighted by atomic mass is 14.5. The van der Waals surface area contributed by atoms with E-state index >= 15 is 0 Å². The summed E-state index contributed by atoms with van der Waals surface area (Å²) < 4.78 is 0. The number of unbranched alkanes of at least 4 members (excludes halogenated alkanes) is 13. The molecule has 2 N–H and O–H groups in total. The van der Waals surface area contributed by atoms with Crippen LogP contribution in [0.2, 0.25) is 0 Å². The summed E-state index contributed by atoms with van der Waals surface area (Å²) in [6.45, 7) is 7.50. The molecule has 0 aliphatic heterocycles. The molecule has 0 aromatic rings. The molecule has 23 heavy (non-hydrogen) atoms.